The van der Waals surface area contributed by atoms with Gasteiger partial charge in [0.05, 0.1) is 4.92 Å². The van der Waals surface area contributed by atoms with Crippen molar-refractivity contribution in [1.29, 1.82) is 0 Å². The van der Waals surface area contributed by atoms with Gasteiger partial charge in [-0.2, -0.15) is 0 Å². The molecule has 0 aliphatic heterocycles. The molecule has 1 aromatic heterocycles. The molecule has 1 heterocycles. The predicted octanol–water partition coefficient (Wildman–Crippen LogP) is 1.23. The van der Waals surface area contributed by atoms with Gasteiger partial charge in [0.25, 0.3) is 0 Å². The van der Waals surface area contributed by atoms with Crippen LogP contribution in [0.5, 0.6) is 0 Å². The first kappa shape index (κ1) is 11.5. The molecule has 1 rings (SSSR count). The molecule has 0 fully saturated rings. The Labute approximate surface area is 87.7 Å². The molecule has 0 amide bonds. The molecule has 6 nitrogen and oxygen atoms in total. The normalized spacial score (nSPS) is 14.6. The van der Waals surface area contributed by atoms with Crippen LogP contribution in [0.25, 0.3) is 0 Å². The maximum atomic E-state index is 10.4. The molecule has 0 spiro atoms. The van der Waals surface area contributed by atoms with Crippen LogP contribution in [-0.4, -0.2) is 20.9 Å². The van der Waals surface area contributed by atoms with E-state index in [1.807, 2.05) is 13.8 Å². The van der Waals surface area contributed by atoms with Gasteiger partial charge in [0.1, 0.15) is 18.2 Å². The van der Waals surface area contributed by atoms with E-state index in [9.17, 15) is 10.1 Å². The Balaban J connectivity index is 2.84. The van der Waals surface area contributed by atoms with Crippen molar-refractivity contribution in [3.63, 3.8) is 0 Å². The number of nitro groups is 1. The maximum absolute atomic E-state index is 10.4. The number of hydrogen-bond donors (Lipinski definition) is 1. The summed E-state index contributed by atoms with van der Waals surface area (Å²) < 4.78 is 0. The average molecular weight is 210 g/mol. The number of aromatic nitrogens is 2. The van der Waals surface area contributed by atoms with E-state index in [0.717, 1.165) is 6.42 Å². The average Bonchev–Trinajstić information content (AvgIpc) is 2.27. The minimum atomic E-state index is -0.520. The fourth-order valence-corrected chi connectivity index (χ4v) is 1.21. The molecular formula is C9H14N4O2. The first-order valence-corrected chi connectivity index (χ1v) is 4.78. The molecule has 0 saturated heterocycles. The highest BCUT2D eigenvalue weighted by atomic mass is 16.6. The van der Waals surface area contributed by atoms with Gasteiger partial charge in [-0.15, -0.1) is 0 Å². The van der Waals surface area contributed by atoms with Crippen LogP contribution >= 0.6 is 0 Å². The molecule has 2 atom stereocenters. The largest absolute Gasteiger partial charge is 0.327 e. The Kier molecular flexibility index (Phi) is 3.68. The van der Waals surface area contributed by atoms with Crippen LogP contribution in [0.1, 0.15) is 32.0 Å². The quantitative estimate of drug-likeness (QED) is 0.595. The highest BCUT2D eigenvalue weighted by Gasteiger charge is 2.17. The Hall–Kier alpha value is -1.56. The third-order valence-electron chi connectivity index (χ3n) is 2.39. The number of rotatable bonds is 4. The summed E-state index contributed by atoms with van der Waals surface area (Å²) in [5.41, 5.74) is 5.73. The van der Waals surface area contributed by atoms with Crippen molar-refractivity contribution in [3.8, 4) is 0 Å². The molecule has 0 aliphatic rings. The van der Waals surface area contributed by atoms with E-state index in [-0.39, 0.29) is 17.6 Å². The summed E-state index contributed by atoms with van der Waals surface area (Å²) in [6, 6.07) is -0.0218. The summed E-state index contributed by atoms with van der Waals surface area (Å²) in [6.45, 7) is 3.89. The third-order valence-corrected chi connectivity index (χ3v) is 2.39. The zero-order valence-corrected chi connectivity index (χ0v) is 8.75. The maximum Gasteiger partial charge on any atom is 0.305 e. The second kappa shape index (κ2) is 4.79. The molecule has 1 aromatic rings. The predicted molar refractivity (Wildman–Crippen MR) is 55.4 cm³/mol. The van der Waals surface area contributed by atoms with Crippen LogP contribution in [0.2, 0.25) is 0 Å². The van der Waals surface area contributed by atoms with Crippen molar-refractivity contribution in [2.24, 2.45) is 5.73 Å². The molecule has 0 bridgehead atoms. The van der Waals surface area contributed by atoms with Crippen LogP contribution in [0, 0.1) is 10.1 Å². The molecular weight excluding hydrogens is 196 g/mol. The highest BCUT2D eigenvalue weighted by molar-refractivity contribution is 5.21. The van der Waals surface area contributed by atoms with E-state index in [1.54, 1.807) is 0 Å². The van der Waals surface area contributed by atoms with E-state index in [2.05, 4.69) is 9.97 Å². The molecule has 0 radical (unpaired) electrons. The molecule has 0 aromatic carbocycles. The van der Waals surface area contributed by atoms with E-state index in [0.29, 0.717) is 5.82 Å². The van der Waals surface area contributed by atoms with Crippen molar-refractivity contribution in [3.05, 3.63) is 28.3 Å². The van der Waals surface area contributed by atoms with Crippen LogP contribution in [0.4, 0.5) is 5.69 Å². The summed E-state index contributed by atoms with van der Waals surface area (Å²) in [5, 5.41) is 10.4. The molecule has 0 aliphatic carbocycles. The Bertz CT molecular complexity index is 338. The summed E-state index contributed by atoms with van der Waals surface area (Å²) in [6.07, 6.45) is 3.24. The highest BCUT2D eigenvalue weighted by Crippen LogP contribution is 2.16. The summed E-state index contributed by atoms with van der Waals surface area (Å²) in [5.74, 6) is 0.561. The van der Waals surface area contributed by atoms with Gasteiger partial charge < -0.3 is 5.73 Å². The molecule has 6 heteroatoms. The zero-order valence-electron chi connectivity index (χ0n) is 8.75. The van der Waals surface area contributed by atoms with E-state index in [1.165, 1.54) is 12.4 Å². The zero-order chi connectivity index (χ0) is 11.4. The monoisotopic (exact) mass is 210 g/mol. The second-order valence-corrected chi connectivity index (χ2v) is 3.42. The Morgan fingerprint density at radius 2 is 2.07 bits per heavy atom. The molecule has 15 heavy (non-hydrogen) atoms. The number of nitrogens with zero attached hydrogens (tertiary/aromatic N) is 3. The minimum absolute atomic E-state index is 0.0100. The van der Waals surface area contributed by atoms with E-state index in [4.69, 9.17) is 5.73 Å². The van der Waals surface area contributed by atoms with Crippen LogP contribution < -0.4 is 5.73 Å². The third kappa shape index (κ3) is 2.69. The lowest BCUT2D eigenvalue weighted by atomic mass is 10.00. The van der Waals surface area contributed by atoms with Gasteiger partial charge in [0, 0.05) is 12.0 Å². The molecule has 82 valence electrons. The van der Waals surface area contributed by atoms with Crippen molar-refractivity contribution < 1.29 is 4.92 Å². The van der Waals surface area contributed by atoms with E-state index < -0.39 is 4.92 Å². The van der Waals surface area contributed by atoms with Crippen LogP contribution in [-0.2, 0) is 0 Å². The molecule has 2 N–H and O–H groups in total. The van der Waals surface area contributed by atoms with Crippen molar-refractivity contribution in [2.75, 3.05) is 0 Å². The van der Waals surface area contributed by atoms with Gasteiger partial charge in [0.15, 0.2) is 0 Å². The van der Waals surface area contributed by atoms with Gasteiger partial charge in [-0.05, 0) is 6.42 Å². The Morgan fingerprint density at radius 3 is 2.47 bits per heavy atom. The minimum Gasteiger partial charge on any atom is -0.327 e. The first-order chi connectivity index (χ1) is 7.06. The lowest BCUT2D eigenvalue weighted by molar-refractivity contribution is -0.385. The van der Waals surface area contributed by atoms with Crippen molar-refractivity contribution in [1.82, 2.24) is 9.97 Å². The summed E-state index contributed by atoms with van der Waals surface area (Å²) >= 11 is 0. The van der Waals surface area contributed by atoms with Crippen molar-refractivity contribution >= 4 is 5.69 Å². The smallest absolute Gasteiger partial charge is 0.305 e. The van der Waals surface area contributed by atoms with Crippen LogP contribution in [0.15, 0.2) is 12.4 Å². The van der Waals surface area contributed by atoms with Gasteiger partial charge in [-0.1, -0.05) is 13.8 Å². The van der Waals surface area contributed by atoms with Gasteiger partial charge in [-0.3, -0.25) is 10.1 Å². The molecule has 2 unspecified atom stereocenters. The van der Waals surface area contributed by atoms with E-state index >= 15 is 0 Å². The van der Waals surface area contributed by atoms with Crippen molar-refractivity contribution in [2.45, 2.75) is 32.2 Å². The number of nitrogens with two attached hydrogens (primary N) is 1. The fraction of sp³-hybridized carbons (Fsp3) is 0.556. The van der Waals surface area contributed by atoms with Gasteiger partial charge in [0.2, 0.25) is 0 Å². The number of hydrogen-bond acceptors (Lipinski definition) is 5. The standard InChI is InChI=1S/C9H14N4O2/c1-3-8(10)6(2)9-11-4-7(5-12-9)13(14)15/h4-6,8H,3,10H2,1-2H3. The summed E-state index contributed by atoms with van der Waals surface area (Å²) in [4.78, 5) is 17.7. The topological polar surface area (TPSA) is 94.9 Å². The lowest BCUT2D eigenvalue weighted by Crippen LogP contribution is -2.26. The second-order valence-electron chi connectivity index (χ2n) is 3.42. The van der Waals surface area contributed by atoms with Crippen LogP contribution in [0.3, 0.4) is 0 Å². The van der Waals surface area contributed by atoms with Gasteiger partial charge in [-0.25, -0.2) is 9.97 Å². The molecule has 0 saturated carbocycles. The lowest BCUT2D eigenvalue weighted by Gasteiger charge is -2.15. The van der Waals surface area contributed by atoms with Gasteiger partial charge >= 0.3 is 5.69 Å². The Morgan fingerprint density at radius 1 is 1.53 bits per heavy atom. The first-order valence-electron chi connectivity index (χ1n) is 4.78. The fourth-order valence-electron chi connectivity index (χ4n) is 1.21. The SMILES string of the molecule is CCC(N)C(C)c1ncc([N+](=O)[O-])cn1. The summed E-state index contributed by atoms with van der Waals surface area (Å²) in [7, 11) is 0.